The van der Waals surface area contributed by atoms with Gasteiger partial charge in [-0.15, -0.1) is 0 Å². The molecule has 0 bridgehead atoms. The molecule has 2 aliphatic heterocycles. The highest BCUT2D eigenvalue weighted by atomic mass is 16.5. The Hall–Kier alpha value is -1.40. The molecule has 2 atom stereocenters. The standard InChI is InChI=1S/C15H24N4O2/c1-11-6-17-19(8-11)13-9-18(10-13)12(2)15(20)16-7-14-4-3-5-21-14/h6,8,12-14H,3-5,7,9-10H2,1-2H3,(H,16,20)/t12-,14+/m1/s1. The number of carbonyl (C=O) groups excluding carboxylic acids is 1. The molecule has 0 radical (unpaired) electrons. The van der Waals surface area contributed by atoms with Crippen molar-refractivity contribution in [3.8, 4) is 0 Å². The quantitative estimate of drug-likeness (QED) is 0.869. The summed E-state index contributed by atoms with van der Waals surface area (Å²) in [5.41, 5.74) is 1.18. The van der Waals surface area contributed by atoms with Crippen molar-refractivity contribution in [2.24, 2.45) is 0 Å². The van der Waals surface area contributed by atoms with Gasteiger partial charge in [-0.1, -0.05) is 0 Å². The molecule has 0 unspecified atom stereocenters. The lowest BCUT2D eigenvalue weighted by atomic mass is 10.1. The van der Waals surface area contributed by atoms with Crippen LogP contribution in [0.4, 0.5) is 0 Å². The molecule has 0 saturated carbocycles. The molecule has 21 heavy (non-hydrogen) atoms. The van der Waals surface area contributed by atoms with E-state index in [1.165, 1.54) is 5.56 Å². The Bertz CT molecular complexity index is 490. The molecule has 2 fully saturated rings. The zero-order chi connectivity index (χ0) is 14.8. The summed E-state index contributed by atoms with van der Waals surface area (Å²) < 4.78 is 7.52. The molecule has 2 saturated heterocycles. The minimum atomic E-state index is -0.0840. The molecule has 3 rings (SSSR count). The lowest BCUT2D eigenvalue weighted by Gasteiger charge is -2.42. The van der Waals surface area contributed by atoms with E-state index < -0.39 is 0 Å². The number of aromatic nitrogens is 2. The van der Waals surface area contributed by atoms with E-state index in [0.717, 1.165) is 32.5 Å². The highest BCUT2D eigenvalue weighted by Gasteiger charge is 2.35. The normalized spacial score (nSPS) is 24.8. The van der Waals surface area contributed by atoms with Crippen LogP contribution in [-0.2, 0) is 9.53 Å². The second-order valence-corrected chi connectivity index (χ2v) is 6.16. The summed E-state index contributed by atoms with van der Waals surface area (Å²) in [6.07, 6.45) is 6.30. The third-order valence-corrected chi connectivity index (χ3v) is 4.45. The summed E-state index contributed by atoms with van der Waals surface area (Å²) in [6.45, 7) is 7.24. The zero-order valence-electron chi connectivity index (χ0n) is 12.8. The van der Waals surface area contributed by atoms with Gasteiger partial charge in [-0.3, -0.25) is 14.4 Å². The van der Waals surface area contributed by atoms with Gasteiger partial charge in [-0.25, -0.2) is 0 Å². The largest absolute Gasteiger partial charge is 0.376 e. The van der Waals surface area contributed by atoms with Gasteiger partial charge in [-0.05, 0) is 32.3 Å². The van der Waals surface area contributed by atoms with Crippen LogP contribution in [0.2, 0.25) is 0 Å². The zero-order valence-corrected chi connectivity index (χ0v) is 12.8. The number of hydrogen-bond acceptors (Lipinski definition) is 4. The third kappa shape index (κ3) is 3.27. The van der Waals surface area contributed by atoms with E-state index >= 15 is 0 Å². The van der Waals surface area contributed by atoms with Crippen LogP contribution >= 0.6 is 0 Å². The minimum Gasteiger partial charge on any atom is -0.376 e. The molecule has 2 aliphatic rings. The first-order valence-corrected chi connectivity index (χ1v) is 7.77. The first kappa shape index (κ1) is 14.5. The van der Waals surface area contributed by atoms with E-state index in [4.69, 9.17) is 4.74 Å². The number of hydrogen-bond donors (Lipinski definition) is 1. The molecular formula is C15H24N4O2. The Morgan fingerprint density at radius 3 is 3.00 bits per heavy atom. The van der Waals surface area contributed by atoms with Gasteiger partial charge in [-0.2, -0.15) is 5.10 Å². The minimum absolute atomic E-state index is 0.0840. The topological polar surface area (TPSA) is 59.4 Å². The van der Waals surface area contributed by atoms with Crippen molar-refractivity contribution in [2.45, 2.75) is 44.9 Å². The fourth-order valence-corrected chi connectivity index (χ4v) is 2.94. The summed E-state index contributed by atoms with van der Waals surface area (Å²) >= 11 is 0. The predicted octanol–water partition coefficient (Wildman–Crippen LogP) is 0.732. The van der Waals surface area contributed by atoms with Crippen LogP contribution in [0.5, 0.6) is 0 Å². The first-order valence-electron chi connectivity index (χ1n) is 7.77. The van der Waals surface area contributed by atoms with Crippen LogP contribution in [0, 0.1) is 6.92 Å². The molecule has 0 aliphatic carbocycles. The van der Waals surface area contributed by atoms with Crippen molar-refractivity contribution >= 4 is 5.91 Å². The highest BCUT2D eigenvalue weighted by Crippen LogP contribution is 2.23. The summed E-state index contributed by atoms with van der Waals surface area (Å²) in [5, 5.41) is 7.34. The Morgan fingerprint density at radius 1 is 1.57 bits per heavy atom. The second-order valence-electron chi connectivity index (χ2n) is 6.16. The molecule has 3 heterocycles. The second kappa shape index (κ2) is 6.15. The molecule has 6 heteroatoms. The fraction of sp³-hybridized carbons (Fsp3) is 0.733. The van der Waals surface area contributed by atoms with Gasteiger partial charge in [0.05, 0.1) is 24.4 Å². The Morgan fingerprint density at radius 2 is 2.38 bits per heavy atom. The molecular weight excluding hydrogens is 268 g/mol. The van der Waals surface area contributed by atoms with Gasteiger partial charge >= 0.3 is 0 Å². The summed E-state index contributed by atoms with van der Waals surface area (Å²) in [7, 11) is 0. The predicted molar refractivity (Wildman–Crippen MR) is 79.0 cm³/mol. The van der Waals surface area contributed by atoms with Crippen molar-refractivity contribution < 1.29 is 9.53 Å². The Labute approximate surface area is 125 Å². The lowest BCUT2D eigenvalue weighted by Crippen LogP contribution is -2.57. The molecule has 0 spiro atoms. The van der Waals surface area contributed by atoms with E-state index in [9.17, 15) is 4.79 Å². The van der Waals surface area contributed by atoms with Gasteiger partial charge < -0.3 is 10.1 Å². The molecule has 1 amide bonds. The fourth-order valence-electron chi connectivity index (χ4n) is 2.94. The number of nitrogens with zero attached hydrogens (tertiary/aromatic N) is 3. The van der Waals surface area contributed by atoms with Crippen LogP contribution in [0.1, 0.15) is 31.4 Å². The van der Waals surface area contributed by atoms with E-state index in [2.05, 4.69) is 21.5 Å². The summed E-state index contributed by atoms with van der Waals surface area (Å²) in [5.74, 6) is 0.0978. The SMILES string of the molecule is Cc1cnn(C2CN([C@H](C)C(=O)NC[C@@H]3CCCO3)C2)c1. The molecule has 0 aromatic carbocycles. The highest BCUT2D eigenvalue weighted by molar-refractivity contribution is 5.81. The number of amides is 1. The molecule has 1 aromatic rings. The van der Waals surface area contributed by atoms with E-state index in [1.54, 1.807) is 0 Å². The summed E-state index contributed by atoms with van der Waals surface area (Å²) in [6, 6.07) is 0.312. The van der Waals surface area contributed by atoms with Crippen LogP contribution in [0.25, 0.3) is 0 Å². The van der Waals surface area contributed by atoms with Gasteiger partial charge in [0.1, 0.15) is 0 Å². The molecule has 1 N–H and O–H groups in total. The number of nitrogens with one attached hydrogen (secondary N) is 1. The number of likely N-dealkylation sites (tertiary alicyclic amines) is 1. The van der Waals surface area contributed by atoms with E-state index in [0.29, 0.717) is 12.6 Å². The van der Waals surface area contributed by atoms with Gasteiger partial charge in [0.15, 0.2) is 0 Å². The number of rotatable bonds is 5. The summed E-state index contributed by atoms with van der Waals surface area (Å²) in [4.78, 5) is 14.3. The van der Waals surface area contributed by atoms with Crippen molar-refractivity contribution in [3.05, 3.63) is 18.0 Å². The Kier molecular flexibility index (Phi) is 4.26. The monoisotopic (exact) mass is 292 g/mol. The maximum atomic E-state index is 12.2. The van der Waals surface area contributed by atoms with E-state index in [1.807, 2.05) is 24.7 Å². The van der Waals surface area contributed by atoms with Crippen molar-refractivity contribution in [2.75, 3.05) is 26.2 Å². The van der Waals surface area contributed by atoms with Crippen LogP contribution < -0.4 is 5.32 Å². The maximum absolute atomic E-state index is 12.2. The third-order valence-electron chi connectivity index (χ3n) is 4.45. The van der Waals surface area contributed by atoms with Crippen molar-refractivity contribution in [3.63, 3.8) is 0 Å². The molecule has 116 valence electrons. The van der Waals surface area contributed by atoms with Gasteiger partial charge in [0.2, 0.25) is 5.91 Å². The maximum Gasteiger partial charge on any atom is 0.237 e. The average molecular weight is 292 g/mol. The molecule has 6 nitrogen and oxygen atoms in total. The van der Waals surface area contributed by atoms with Crippen LogP contribution in [0.3, 0.4) is 0 Å². The smallest absolute Gasteiger partial charge is 0.237 e. The lowest BCUT2D eigenvalue weighted by molar-refractivity contribution is -0.128. The molecule has 1 aromatic heterocycles. The van der Waals surface area contributed by atoms with Crippen molar-refractivity contribution in [1.82, 2.24) is 20.0 Å². The van der Waals surface area contributed by atoms with Gasteiger partial charge in [0, 0.05) is 32.4 Å². The van der Waals surface area contributed by atoms with Crippen LogP contribution in [-0.4, -0.2) is 59.0 Å². The van der Waals surface area contributed by atoms with Crippen LogP contribution in [0.15, 0.2) is 12.4 Å². The van der Waals surface area contributed by atoms with Crippen molar-refractivity contribution in [1.29, 1.82) is 0 Å². The van der Waals surface area contributed by atoms with Gasteiger partial charge in [0.25, 0.3) is 0 Å². The number of carbonyl (C=O) groups is 1. The van der Waals surface area contributed by atoms with E-state index in [-0.39, 0.29) is 18.1 Å². The number of ether oxygens (including phenoxy) is 1. The average Bonchev–Trinajstić information content (AvgIpc) is 3.06. The Balaban J connectivity index is 1.41. The first-order chi connectivity index (χ1) is 10.1. The number of aryl methyl sites for hydroxylation is 1.